The maximum atomic E-state index is 13.9. The summed E-state index contributed by atoms with van der Waals surface area (Å²) >= 11 is 0. The standard InChI is InChI=1S/C13H16O.C10H6F2N4O2/c14-13(7-2-8-13)12-6-5-10-3-1-4-11(10)9-12;11-4-1-5-6(7(12)8(4)13)3(2-14-5)9-15-10(17)18-16-9/h5-6,9,14H,1-4,7-8H2;1-2,14H,13H2,(H,15,16,17). The Hall–Kier alpha value is -3.46. The molecule has 0 aliphatic heterocycles. The summed E-state index contributed by atoms with van der Waals surface area (Å²) in [5, 5.41) is 13.7. The number of aromatic amines is 2. The Morgan fingerprint density at radius 1 is 1.12 bits per heavy atom. The van der Waals surface area contributed by atoms with Crippen molar-refractivity contribution in [1.29, 1.82) is 0 Å². The number of nitrogens with zero attached hydrogens (tertiary/aromatic N) is 1. The smallest absolute Gasteiger partial charge is 0.394 e. The van der Waals surface area contributed by atoms with Crippen LogP contribution in [0.3, 0.4) is 0 Å². The highest BCUT2D eigenvalue weighted by atomic mass is 19.1. The molecule has 0 unspecified atom stereocenters. The number of hydrogen-bond acceptors (Lipinski definition) is 5. The summed E-state index contributed by atoms with van der Waals surface area (Å²) in [4.78, 5) is 15.8. The molecule has 1 saturated carbocycles. The van der Waals surface area contributed by atoms with Gasteiger partial charge in [-0.05, 0) is 55.2 Å². The Balaban J connectivity index is 0.000000139. The molecule has 2 aliphatic carbocycles. The molecule has 9 heteroatoms. The molecule has 4 aromatic rings. The third-order valence-corrected chi connectivity index (χ3v) is 6.41. The van der Waals surface area contributed by atoms with Crippen LogP contribution in [-0.2, 0) is 18.4 Å². The lowest BCUT2D eigenvalue weighted by Gasteiger charge is -2.37. The van der Waals surface area contributed by atoms with E-state index in [1.54, 1.807) is 0 Å². The molecule has 0 radical (unpaired) electrons. The topological polar surface area (TPSA) is 121 Å². The number of benzene rings is 2. The molecule has 2 heterocycles. The zero-order chi connectivity index (χ0) is 22.5. The number of aliphatic hydroxyl groups is 1. The van der Waals surface area contributed by atoms with E-state index in [-0.39, 0.29) is 22.3 Å². The minimum atomic E-state index is -0.912. The van der Waals surface area contributed by atoms with Gasteiger partial charge in [0.05, 0.1) is 11.1 Å². The average Bonchev–Trinajstić information content (AvgIpc) is 3.49. The van der Waals surface area contributed by atoms with Crippen LogP contribution in [0.2, 0.25) is 0 Å². The number of nitrogen functional groups attached to an aromatic ring is 1. The second-order valence-electron chi connectivity index (χ2n) is 8.38. The van der Waals surface area contributed by atoms with Crippen molar-refractivity contribution in [3.8, 4) is 11.4 Å². The van der Waals surface area contributed by atoms with Gasteiger partial charge in [0.25, 0.3) is 0 Å². The molecule has 0 bridgehead atoms. The largest absolute Gasteiger partial charge is 0.439 e. The van der Waals surface area contributed by atoms with E-state index in [1.807, 2.05) is 0 Å². The summed E-state index contributed by atoms with van der Waals surface area (Å²) in [6.45, 7) is 0. The van der Waals surface area contributed by atoms with Crippen molar-refractivity contribution in [1.82, 2.24) is 15.1 Å². The molecule has 0 amide bonds. The minimum absolute atomic E-state index is 0.0381. The first-order valence-electron chi connectivity index (χ1n) is 10.5. The molecule has 6 rings (SSSR count). The third-order valence-electron chi connectivity index (χ3n) is 6.41. The van der Waals surface area contributed by atoms with E-state index in [0.29, 0.717) is 0 Å². The van der Waals surface area contributed by atoms with Gasteiger partial charge in [-0.3, -0.25) is 9.51 Å². The SMILES string of the molecule is Nc1c(F)cc2[nH]cc(-c3noc(=O)[nH]3)c2c1F.OC1(c2ccc3c(c2)CCC3)CCC1. The van der Waals surface area contributed by atoms with Gasteiger partial charge in [0.1, 0.15) is 5.69 Å². The molecule has 1 fully saturated rings. The summed E-state index contributed by atoms with van der Waals surface area (Å²) in [6.07, 6.45) is 8.18. The van der Waals surface area contributed by atoms with E-state index in [4.69, 9.17) is 5.73 Å². The fourth-order valence-electron chi connectivity index (χ4n) is 4.43. The lowest BCUT2D eigenvalue weighted by molar-refractivity contribution is -0.0388. The van der Waals surface area contributed by atoms with E-state index >= 15 is 0 Å². The van der Waals surface area contributed by atoms with Crippen molar-refractivity contribution in [3.63, 3.8) is 0 Å². The van der Waals surface area contributed by atoms with Crippen molar-refractivity contribution in [3.05, 3.63) is 69.3 Å². The van der Waals surface area contributed by atoms with Crippen LogP contribution in [0.1, 0.15) is 42.4 Å². The molecular weight excluding hydrogens is 418 g/mol. The average molecular weight is 440 g/mol. The molecular formula is C23H22F2N4O3. The van der Waals surface area contributed by atoms with Gasteiger partial charge >= 0.3 is 5.76 Å². The van der Waals surface area contributed by atoms with Crippen LogP contribution < -0.4 is 11.5 Å². The van der Waals surface area contributed by atoms with E-state index in [1.165, 1.54) is 43.0 Å². The van der Waals surface area contributed by atoms with Crippen molar-refractivity contribution in [2.75, 3.05) is 5.73 Å². The highest BCUT2D eigenvalue weighted by molar-refractivity contribution is 5.96. The van der Waals surface area contributed by atoms with Crippen molar-refractivity contribution < 1.29 is 18.4 Å². The zero-order valence-corrected chi connectivity index (χ0v) is 17.2. The second kappa shape index (κ2) is 7.59. The van der Waals surface area contributed by atoms with Gasteiger partial charge < -0.3 is 15.8 Å². The molecule has 0 saturated heterocycles. The van der Waals surface area contributed by atoms with E-state index in [0.717, 1.165) is 24.5 Å². The fourth-order valence-corrected chi connectivity index (χ4v) is 4.43. The Kier molecular flexibility index (Phi) is 4.85. The number of aryl methyl sites for hydroxylation is 2. The van der Waals surface area contributed by atoms with Crippen molar-refractivity contribution in [2.24, 2.45) is 0 Å². The van der Waals surface area contributed by atoms with Gasteiger partial charge in [-0.15, -0.1) is 0 Å². The number of H-pyrrole nitrogens is 2. The van der Waals surface area contributed by atoms with Crippen molar-refractivity contribution in [2.45, 2.75) is 44.1 Å². The molecule has 166 valence electrons. The molecule has 2 aromatic carbocycles. The Labute approximate surface area is 181 Å². The van der Waals surface area contributed by atoms with Gasteiger partial charge in [0.15, 0.2) is 17.5 Å². The Morgan fingerprint density at radius 2 is 1.91 bits per heavy atom. The number of hydrogen-bond donors (Lipinski definition) is 4. The molecule has 32 heavy (non-hydrogen) atoms. The molecule has 7 nitrogen and oxygen atoms in total. The maximum Gasteiger partial charge on any atom is 0.439 e. The van der Waals surface area contributed by atoms with Crippen LogP contribution in [0, 0.1) is 11.6 Å². The third kappa shape index (κ3) is 3.38. The number of halogens is 2. The van der Waals surface area contributed by atoms with Crippen LogP contribution in [0.25, 0.3) is 22.3 Å². The first kappa shape index (κ1) is 20.4. The predicted octanol–water partition coefficient (Wildman–Crippen LogP) is 3.92. The number of nitrogens with two attached hydrogens (primary N) is 1. The van der Waals surface area contributed by atoms with Gasteiger partial charge in [-0.25, -0.2) is 13.6 Å². The van der Waals surface area contributed by atoms with Crippen LogP contribution >= 0.6 is 0 Å². The van der Waals surface area contributed by atoms with Gasteiger partial charge in [-0.1, -0.05) is 23.4 Å². The van der Waals surface area contributed by atoms with Crippen LogP contribution in [0.5, 0.6) is 0 Å². The lowest BCUT2D eigenvalue weighted by Crippen LogP contribution is -2.33. The summed E-state index contributed by atoms with van der Waals surface area (Å²) in [5.74, 6) is -2.50. The molecule has 0 atom stereocenters. The summed E-state index contributed by atoms with van der Waals surface area (Å²) in [7, 11) is 0. The lowest BCUT2D eigenvalue weighted by atomic mass is 9.74. The fraction of sp³-hybridized carbons (Fsp3) is 0.304. The monoisotopic (exact) mass is 440 g/mol. The van der Waals surface area contributed by atoms with Crippen LogP contribution in [0.4, 0.5) is 14.5 Å². The first-order chi connectivity index (χ1) is 15.4. The van der Waals surface area contributed by atoms with E-state index in [9.17, 15) is 18.7 Å². The number of rotatable bonds is 2. The predicted molar refractivity (Wildman–Crippen MR) is 115 cm³/mol. The zero-order valence-electron chi connectivity index (χ0n) is 17.2. The normalized spacial score (nSPS) is 16.3. The highest BCUT2D eigenvalue weighted by Crippen LogP contribution is 2.42. The van der Waals surface area contributed by atoms with Gasteiger partial charge in [0, 0.05) is 23.2 Å². The second-order valence-corrected chi connectivity index (χ2v) is 8.38. The number of aromatic nitrogens is 3. The molecule has 2 aromatic heterocycles. The van der Waals surface area contributed by atoms with E-state index < -0.39 is 28.7 Å². The van der Waals surface area contributed by atoms with Crippen LogP contribution in [-0.4, -0.2) is 20.2 Å². The maximum absolute atomic E-state index is 13.9. The van der Waals surface area contributed by atoms with Gasteiger partial charge in [-0.2, -0.15) is 0 Å². The van der Waals surface area contributed by atoms with Crippen molar-refractivity contribution >= 4 is 16.6 Å². The highest BCUT2D eigenvalue weighted by Gasteiger charge is 2.36. The number of anilines is 1. The number of fused-ring (bicyclic) bond motifs is 2. The molecule has 5 N–H and O–H groups in total. The van der Waals surface area contributed by atoms with E-state index in [2.05, 4.69) is 37.8 Å². The summed E-state index contributed by atoms with van der Waals surface area (Å²) in [6, 6.07) is 7.65. The quantitative estimate of drug-likeness (QED) is 0.352. The minimum Gasteiger partial charge on any atom is -0.394 e. The number of nitrogens with one attached hydrogen (secondary N) is 2. The van der Waals surface area contributed by atoms with Gasteiger partial charge in [0.2, 0.25) is 0 Å². The molecule has 0 spiro atoms. The Bertz CT molecular complexity index is 1370. The Morgan fingerprint density at radius 3 is 2.59 bits per heavy atom. The molecule has 2 aliphatic rings. The van der Waals surface area contributed by atoms with Crippen LogP contribution in [0.15, 0.2) is 39.8 Å². The summed E-state index contributed by atoms with van der Waals surface area (Å²) < 4.78 is 31.5. The first-order valence-corrected chi connectivity index (χ1v) is 10.5. The summed E-state index contributed by atoms with van der Waals surface area (Å²) in [5.41, 5.74) is 8.79.